The Morgan fingerprint density at radius 3 is 2.67 bits per heavy atom. The lowest BCUT2D eigenvalue weighted by Crippen LogP contribution is -2.28. The Balaban J connectivity index is 2.24. The van der Waals surface area contributed by atoms with Gasteiger partial charge in [-0.15, -0.1) is 0 Å². The largest absolute Gasteiger partial charge is 0.272 e. The SMILES string of the molecule is CCCn1cc(C(NN)c2ccc(I)cc2)cn1. The van der Waals surface area contributed by atoms with E-state index >= 15 is 0 Å². The summed E-state index contributed by atoms with van der Waals surface area (Å²) in [4.78, 5) is 0. The van der Waals surface area contributed by atoms with Gasteiger partial charge in [0, 0.05) is 21.9 Å². The molecule has 4 nitrogen and oxygen atoms in total. The fourth-order valence-corrected chi connectivity index (χ4v) is 2.28. The first kappa shape index (κ1) is 13.5. The molecule has 0 bridgehead atoms. The molecule has 5 heteroatoms. The monoisotopic (exact) mass is 356 g/mol. The fraction of sp³-hybridized carbons (Fsp3) is 0.308. The van der Waals surface area contributed by atoms with E-state index in [0.717, 1.165) is 24.1 Å². The molecule has 0 aliphatic rings. The van der Waals surface area contributed by atoms with Gasteiger partial charge in [-0.25, -0.2) is 5.43 Å². The summed E-state index contributed by atoms with van der Waals surface area (Å²) >= 11 is 2.29. The lowest BCUT2D eigenvalue weighted by molar-refractivity contribution is 0.598. The third-order valence-electron chi connectivity index (χ3n) is 2.81. The third-order valence-corrected chi connectivity index (χ3v) is 3.53. The summed E-state index contributed by atoms with van der Waals surface area (Å²) in [7, 11) is 0. The van der Waals surface area contributed by atoms with Crippen LogP contribution < -0.4 is 11.3 Å². The topological polar surface area (TPSA) is 55.9 Å². The first-order valence-electron chi connectivity index (χ1n) is 5.98. The van der Waals surface area contributed by atoms with Crippen molar-refractivity contribution in [2.45, 2.75) is 25.9 Å². The predicted molar refractivity (Wildman–Crippen MR) is 80.8 cm³/mol. The minimum absolute atomic E-state index is 0.00685. The Labute approximate surface area is 121 Å². The minimum atomic E-state index is -0.00685. The van der Waals surface area contributed by atoms with Crippen molar-refractivity contribution in [1.29, 1.82) is 0 Å². The summed E-state index contributed by atoms with van der Waals surface area (Å²) in [5.74, 6) is 5.67. The van der Waals surface area contributed by atoms with Gasteiger partial charge in [-0.3, -0.25) is 10.5 Å². The molecule has 0 radical (unpaired) electrons. The summed E-state index contributed by atoms with van der Waals surface area (Å²) in [6.45, 7) is 3.07. The quantitative estimate of drug-likeness (QED) is 0.492. The van der Waals surface area contributed by atoms with Gasteiger partial charge in [0.1, 0.15) is 0 Å². The average molecular weight is 356 g/mol. The second-order valence-corrected chi connectivity index (χ2v) is 5.43. The molecule has 18 heavy (non-hydrogen) atoms. The smallest absolute Gasteiger partial charge is 0.0740 e. The number of hydrogen-bond acceptors (Lipinski definition) is 3. The van der Waals surface area contributed by atoms with E-state index in [2.05, 4.69) is 64.3 Å². The van der Waals surface area contributed by atoms with E-state index in [0.29, 0.717) is 0 Å². The van der Waals surface area contributed by atoms with Crippen LogP contribution in [0.3, 0.4) is 0 Å². The van der Waals surface area contributed by atoms with Crippen molar-refractivity contribution in [3.05, 3.63) is 51.4 Å². The van der Waals surface area contributed by atoms with Crippen molar-refractivity contribution in [3.8, 4) is 0 Å². The molecule has 2 aromatic rings. The van der Waals surface area contributed by atoms with Crippen molar-refractivity contribution >= 4 is 22.6 Å². The Morgan fingerprint density at radius 2 is 2.06 bits per heavy atom. The Morgan fingerprint density at radius 1 is 1.33 bits per heavy atom. The van der Waals surface area contributed by atoms with E-state index in [1.165, 1.54) is 3.57 Å². The highest BCUT2D eigenvalue weighted by Crippen LogP contribution is 2.21. The van der Waals surface area contributed by atoms with Gasteiger partial charge in [0.05, 0.1) is 12.2 Å². The number of aromatic nitrogens is 2. The van der Waals surface area contributed by atoms with Gasteiger partial charge < -0.3 is 0 Å². The van der Waals surface area contributed by atoms with Crippen molar-refractivity contribution < 1.29 is 0 Å². The maximum absolute atomic E-state index is 5.67. The van der Waals surface area contributed by atoms with Crippen LogP contribution in [0.15, 0.2) is 36.7 Å². The molecule has 1 heterocycles. The van der Waals surface area contributed by atoms with Crippen LogP contribution in [0.1, 0.15) is 30.5 Å². The second-order valence-electron chi connectivity index (χ2n) is 4.19. The van der Waals surface area contributed by atoms with Gasteiger partial charge in [-0.2, -0.15) is 5.10 Å². The van der Waals surface area contributed by atoms with E-state index in [1.807, 2.05) is 17.1 Å². The van der Waals surface area contributed by atoms with Gasteiger partial charge >= 0.3 is 0 Å². The molecule has 1 atom stereocenters. The molecule has 1 unspecified atom stereocenters. The van der Waals surface area contributed by atoms with E-state index in [1.54, 1.807) is 0 Å². The lowest BCUT2D eigenvalue weighted by Gasteiger charge is -2.14. The maximum Gasteiger partial charge on any atom is 0.0740 e. The highest BCUT2D eigenvalue weighted by atomic mass is 127. The fourth-order valence-electron chi connectivity index (χ4n) is 1.92. The summed E-state index contributed by atoms with van der Waals surface area (Å²) in [5, 5.41) is 4.34. The zero-order chi connectivity index (χ0) is 13.0. The molecule has 0 amide bonds. The molecular formula is C13H17IN4. The van der Waals surface area contributed by atoms with Gasteiger partial charge in [0.15, 0.2) is 0 Å². The van der Waals surface area contributed by atoms with Crippen LogP contribution in [-0.4, -0.2) is 9.78 Å². The zero-order valence-corrected chi connectivity index (χ0v) is 12.5. The van der Waals surface area contributed by atoms with Gasteiger partial charge in [-0.1, -0.05) is 19.1 Å². The number of aryl methyl sites for hydroxylation is 1. The third kappa shape index (κ3) is 3.09. The molecule has 3 N–H and O–H groups in total. The molecule has 96 valence electrons. The molecule has 2 rings (SSSR count). The van der Waals surface area contributed by atoms with Gasteiger partial charge in [0.25, 0.3) is 0 Å². The van der Waals surface area contributed by atoms with Crippen LogP contribution in [0.2, 0.25) is 0 Å². The normalized spacial score (nSPS) is 12.6. The van der Waals surface area contributed by atoms with Crippen LogP contribution in [0.4, 0.5) is 0 Å². The van der Waals surface area contributed by atoms with Crippen molar-refractivity contribution in [1.82, 2.24) is 15.2 Å². The van der Waals surface area contributed by atoms with Crippen molar-refractivity contribution in [2.24, 2.45) is 5.84 Å². The van der Waals surface area contributed by atoms with Crippen molar-refractivity contribution in [3.63, 3.8) is 0 Å². The van der Waals surface area contributed by atoms with E-state index in [-0.39, 0.29) is 6.04 Å². The van der Waals surface area contributed by atoms with E-state index < -0.39 is 0 Å². The number of nitrogens with zero attached hydrogens (tertiary/aromatic N) is 2. The molecule has 0 spiro atoms. The van der Waals surface area contributed by atoms with Crippen LogP contribution in [0, 0.1) is 3.57 Å². The average Bonchev–Trinajstić information content (AvgIpc) is 2.82. The number of nitrogens with one attached hydrogen (secondary N) is 1. The number of halogens is 1. The first-order valence-corrected chi connectivity index (χ1v) is 7.06. The zero-order valence-electron chi connectivity index (χ0n) is 10.3. The van der Waals surface area contributed by atoms with E-state index in [4.69, 9.17) is 5.84 Å². The van der Waals surface area contributed by atoms with Crippen LogP contribution in [-0.2, 0) is 6.54 Å². The predicted octanol–water partition coefficient (Wildman–Crippen LogP) is 2.45. The molecule has 0 aliphatic heterocycles. The van der Waals surface area contributed by atoms with Gasteiger partial charge in [-0.05, 0) is 46.7 Å². The van der Waals surface area contributed by atoms with Crippen LogP contribution >= 0.6 is 22.6 Å². The highest BCUT2D eigenvalue weighted by molar-refractivity contribution is 14.1. The van der Waals surface area contributed by atoms with Gasteiger partial charge in [0.2, 0.25) is 0 Å². The Bertz CT molecular complexity index is 492. The molecular weight excluding hydrogens is 339 g/mol. The van der Waals surface area contributed by atoms with Crippen LogP contribution in [0.25, 0.3) is 0 Å². The summed E-state index contributed by atoms with van der Waals surface area (Å²) in [6, 6.07) is 8.33. The molecule has 0 fully saturated rings. The highest BCUT2D eigenvalue weighted by Gasteiger charge is 2.14. The summed E-state index contributed by atoms with van der Waals surface area (Å²) < 4.78 is 3.17. The maximum atomic E-state index is 5.67. The standard InChI is InChI=1S/C13H17IN4/c1-2-7-18-9-11(8-16-18)13(17-15)10-3-5-12(14)6-4-10/h3-6,8-9,13,17H,2,7,15H2,1H3. The number of hydrogen-bond donors (Lipinski definition) is 2. The number of rotatable bonds is 5. The number of hydrazine groups is 1. The molecule has 1 aromatic heterocycles. The second kappa shape index (κ2) is 6.31. The molecule has 1 aromatic carbocycles. The van der Waals surface area contributed by atoms with Crippen molar-refractivity contribution in [2.75, 3.05) is 0 Å². The molecule has 0 saturated carbocycles. The summed E-state index contributed by atoms with van der Waals surface area (Å²) in [5.41, 5.74) is 5.09. The minimum Gasteiger partial charge on any atom is -0.272 e. The molecule has 0 aliphatic carbocycles. The number of benzene rings is 1. The van der Waals surface area contributed by atoms with Crippen LogP contribution in [0.5, 0.6) is 0 Å². The Kier molecular flexibility index (Phi) is 4.73. The Hall–Kier alpha value is -0.920. The number of nitrogens with two attached hydrogens (primary N) is 1. The summed E-state index contributed by atoms with van der Waals surface area (Å²) in [6.07, 6.45) is 5.00. The lowest BCUT2D eigenvalue weighted by atomic mass is 10.0. The first-order chi connectivity index (χ1) is 8.74. The van der Waals surface area contributed by atoms with E-state index in [9.17, 15) is 0 Å². The molecule has 0 saturated heterocycles.